The zero-order chi connectivity index (χ0) is 21.2. The van der Waals surface area contributed by atoms with Crippen LogP contribution in [0.4, 0.5) is 0 Å². The minimum absolute atomic E-state index is 0.0134. The molecule has 1 aliphatic heterocycles. The summed E-state index contributed by atoms with van der Waals surface area (Å²) >= 11 is 0. The Morgan fingerprint density at radius 2 is 1.90 bits per heavy atom. The fourth-order valence-electron chi connectivity index (χ4n) is 3.27. The molecule has 0 bridgehead atoms. The van der Waals surface area contributed by atoms with Crippen LogP contribution in [0.2, 0.25) is 0 Å². The van der Waals surface area contributed by atoms with E-state index < -0.39 is 0 Å². The fraction of sp³-hybridized carbons (Fsp3) is 0.375. The summed E-state index contributed by atoms with van der Waals surface area (Å²) in [6.45, 7) is 10.2. The van der Waals surface area contributed by atoms with Gasteiger partial charge in [0.2, 0.25) is 0 Å². The van der Waals surface area contributed by atoms with Gasteiger partial charge < -0.3 is 10.2 Å². The van der Waals surface area contributed by atoms with Crippen LogP contribution in [0, 0.1) is 16.7 Å². The molecule has 1 unspecified atom stereocenters. The third kappa shape index (κ3) is 4.65. The number of nitrogens with zero attached hydrogens (tertiary/aromatic N) is 2. The molecule has 1 atom stereocenters. The van der Waals surface area contributed by atoms with Gasteiger partial charge in [0.15, 0.2) is 0 Å². The van der Waals surface area contributed by atoms with E-state index in [2.05, 4.69) is 37.3 Å². The van der Waals surface area contributed by atoms with Gasteiger partial charge in [-0.25, -0.2) is 0 Å². The second-order valence-electron chi connectivity index (χ2n) is 8.79. The molecule has 5 nitrogen and oxygen atoms in total. The third-order valence-corrected chi connectivity index (χ3v) is 4.94. The summed E-state index contributed by atoms with van der Waals surface area (Å²) in [5.74, 6) is -0.149. The van der Waals surface area contributed by atoms with E-state index in [1.54, 1.807) is 6.07 Å². The van der Waals surface area contributed by atoms with E-state index in [0.717, 1.165) is 22.4 Å². The quantitative estimate of drug-likeness (QED) is 0.808. The maximum absolute atomic E-state index is 12.7. The van der Waals surface area contributed by atoms with E-state index in [-0.39, 0.29) is 23.5 Å². The maximum atomic E-state index is 12.7. The van der Waals surface area contributed by atoms with Crippen LogP contribution >= 0.6 is 0 Å². The predicted molar refractivity (Wildman–Crippen MR) is 115 cm³/mol. The topological polar surface area (TPSA) is 74.5 Å². The molecule has 0 saturated heterocycles. The van der Waals surface area contributed by atoms with E-state index >= 15 is 0 Å². The second kappa shape index (κ2) is 8.08. The fourth-order valence-corrected chi connectivity index (χ4v) is 3.27. The number of rotatable bonds is 4. The maximum Gasteiger partial charge on any atom is 0.251 e. The van der Waals surface area contributed by atoms with Crippen molar-refractivity contribution < 1.29 is 9.63 Å². The van der Waals surface area contributed by atoms with Crippen LogP contribution in [-0.4, -0.2) is 23.8 Å². The number of hydrogen-bond donors (Lipinski definition) is 1. The number of nitrogens with one attached hydrogen (secondary N) is 1. The molecule has 0 saturated carbocycles. The molecule has 2 aromatic carbocycles. The van der Waals surface area contributed by atoms with Crippen LogP contribution in [0.25, 0.3) is 11.1 Å². The first kappa shape index (κ1) is 20.6. The smallest absolute Gasteiger partial charge is 0.251 e. The Labute approximate surface area is 172 Å². The Bertz CT molecular complexity index is 994. The van der Waals surface area contributed by atoms with Crippen LogP contribution in [-0.2, 0) is 4.84 Å². The van der Waals surface area contributed by atoms with Crippen LogP contribution in [0.5, 0.6) is 0 Å². The summed E-state index contributed by atoms with van der Waals surface area (Å²) in [6, 6.07) is 15.3. The van der Waals surface area contributed by atoms with E-state index in [0.29, 0.717) is 17.5 Å². The molecule has 29 heavy (non-hydrogen) atoms. The van der Waals surface area contributed by atoms with E-state index in [9.17, 15) is 10.1 Å². The Kier molecular flexibility index (Phi) is 5.74. The van der Waals surface area contributed by atoms with Crippen LogP contribution in [0.15, 0.2) is 47.6 Å². The van der Waals surface area contributed by atoms with E-state index in [1.165, 1.54) is 0 Å². The highest BCUT2D eigenvalue weighted by atomic mass is 16.6. The largest absolute Gasteiger partial charge is 0.391 e. The van der Waals surface area contributed by atoms with Crippen molar-refractivity contribution in [3.05, 3.63) is 59.2 Å². The van der Waals surface area contributed by atoms with Gasteiger partial charge in [-0.3, -0.25) is 4.79 Å². The average Bonchev–Trinajstić information content (AvgIpc) is 3.18. The Morgan fingerprint density at radius 3 is 2.52 bits per heavy atom. The molecule has 3 rings (SSSR count). The highest BCUT2D eigenvalue weighted by Crippen LogP contribution is 2.32. The molecule has 5 heteroatoms. The van der Waals surface area contributed by atoms with Crippen molar-refractivity contribution in [2.24, 2.45) is 10.6 Å². The lowest BCUT2D eigenvalue weighted by Gasteiger charge is -2.24. The van der Waals surface area contributed by atoms with E-state index in [1.807, 2.05) is 50.2 Å². The molecule has 1 N–H and O–H groups in total. The zero-order valence-corrected chi connectivity index (χ0v) is 17.6. The van der Waals surface area contributed by atoms with Gasteiger partial charge in [0, 0.05) is 29.0 Å². The molecule has 0 aliphatic carbocycles. The molecule has 1 aliphatic rings. The van der Waals surface area contributed by atoms with Gasteiger partial charge in [0.1, 0.15) is 6.10 Å². The number of carbonyl (C=O) groups excluding carboxylic acids is 1. The Morgan fingerprint density at radius 1 is 1.21 bits per heavy atom. The summed E-state index contributed by atoms with van der Waals surface area (Å²) in [5, 5.41) is 16.8. The van der Waals surface area contributed by atoms with Crippen molar-refractivity contribution in [1.82, 2.24) is 5.32 Å². The Hall–Kier alpha value is -3.13. The summed E-state index contributed by atoms with van der Waals surface area (Å²) in [7, 11) is 0. The normalized spacial score (nSPS) is 16.2. The predicted octanol–water partition coefficient (Wildman–Crippen LogP) is 4.90. The summed E-state index contributed by atoms with van der Waals surface area (Å²) in [5.41, 5.74) is 4.35. The molecule has 0 fully saturated rings. The monoisotopic (exact) mass is 389 g/mol. The lowest BCUT2D eigenvalue weighted by Crippen LogP contribution is -2.30. The highest BCUT2D eigenvalue weighted by Gasteiger charge is 2.33. The van der Waals surface area contributed by atoms with Crippen LogP contribution < -0.4 is 5.32 Å². The number of carbonyl (C=O) groups is 1. The van der Waals surface area contributed by atoms with Crippen LogP contribution in [0.3, 0.4) is 0 Å². The number of hydrogen-bond acceptors (Lipinski definition) is 4. The Balaban J connectivity index is 2.07. The highest BCUT2D eigenvalue weighted by molar-refractivity contribution is 6.05. The molecular formula is C24H27N3O2. The van der Waals surface area contributed by atoms with Crippen molar-refractivity contribution in [3.63, 3.8) is 0 Å². The summed E-state index contributed by atoms with van der Waals surface area (Å²) in [4.78, 5) is 18.4. The van der Waals surface area contributed by atoms with E-state index in [4.69, 9.17) is 4.84 Å². The van der Waals surface area contributed by atoms with Gasteiger partial charge in [-0.05, 0) is 49.2 Å². The summed E-state index contributed by atoms with van der Waals surface area (Å²) in [6.07, 6.45) is 0.665. The number of amides is 1. The first-order valence-electron chi connectivity index (χ1n) is 9.87. The molecule has 0 spiro atoms. The minimum Gasteiger partial charge on any atom is -0.391 e. The van der Waals surface area contributed by atoms with Crippen molar-refractivity contribution in [1.29, 1.82) is 5.26 Å². The van der Waals surface area contributed by atoms with Crippen molar-refractivity contribution in [2.75, 3.05) is 0 Å². The average molecular weight is 389 g/mol. The minimum atomic E-state index is -0.149. The van der Waals surface area contributed by atoms with Gasteiger partial charge >= 0.3 is 0 Å². The molecular weight excluding hydrogens is 362 g/mol. The van der Waals surface area contributed by atoms with Crippen molar-refractivity contribution in [3.8, 4) is 17.2 Å². The SMILES string of the molecule is CC(C)NC(=O)c1cc(C2=NOC(C(C)(C)C)C2)cc(-c2ccccc2C#N)c1. The molecule has 0 radical (unpaired) electrons. The number of nitriles is 1. The van der Waals surface area contributed by atoms with Crippen molar-refractivity contribution in [2.45, 2.75) is 53.2 Å². The third-order valence-electron chi connectivity index (χ3n) is 4.94. The standard InChI is InChI=1S/C24H27N3O2/c1-15(2)26-23(28)19-11-17(20-9-7-6-8-16(20)14-25)10-18(12-19)21-13-22(29-27-21)24(3,4)5/h6-12,15,22H,13H2,1-5H3,(H,26,28). The van der Waals surface area contributed by atoms with Crippen molar-refractivity contribution >= 4 is 11.6 Å². The van der Waals surface area contributed by atoms with Gasteiger partial charge in [0.05, 0.1) is 17.3 Å². The number of benzene rings is 2. The zero-order valence-electron chi connectivity index (χ0n) is 17.6. The summed E-state index contributed by atoms with van der Waals surface area (Å²) < 4.78 is 0. The molecule has 1 heterocycles. The second-order valence-corrected chi connectivity index (χ2v) is 8.79. The van der Waals surface area contributed by atoms with Gasteiger partial charge in [-0.15, -0.1) is 0 Å². The first-order chi connectivity index (χ1) is 13.7. The molecule has 0 aromatic heterocycles. The van der Waals surface area contributed by atoms with Crippen LogP contribution in [0.1, 0.15) is 62.5 Å². The van der Waals surface area contributed by atoms with Gasteiger partial charge in [-0.2, -0.15) is 5.26 Å². The van der Waals surface area contributed by atoms with Gasteiger partial charge in [0.25, 0.3) is 5.91 Å². The lowest BCUT2D eigenvalue weighted by atomic mass is 9.85. The molecule has 2 aromatic rings. The molecule has 1 amide bonds. The number of oxime groups is 1. The lowest BCUT2D eigenvalue weighted by molar-refractivity contribution is 0.00831. The first-order valence-corrected chi connectivity index (χ1v) is 9.87. The van der Waals surface area contributed by atoms with Gasteiger partial charge in [-0.1, -0.05) is 44.1 Å². The molecule has 150 valence electrons.